The monoisotopic (exact) mass is 373 g/mol. The number of benzene rings is 2. The molecular weight excluding hydrogens is 346 g/mol. The summed E-state index contributed by atoms with van der Waals surface area (Å²) in [7, 11) is 4.78. The molecule has 2 rings (SSSR count). The second-order valence-electron chi connectivity index (χ2n) is 5.73. The van der Waals surface area contributed by atoms with Gasteiger partial charge in [-0.1, -0.05) is 6.07 Å². The molecule has 0 aliphatic rings. The Kier molecular flexibility index (Phi) is 7.61. The number of methoxy groups -OCH3 is 3. The molecule has 146 valence electrons. The van der Waals surface area contributed by atoms with Crippen LogP contribution in [-0.4, -0.2) is 38.9 Å². The van der Waals surface area contributed by atoms with Crippen molar-refractivity contribution in [3.8, 4) is 23.0 Å². The van der Waals surface area contributed by atoms with Gasteiger partial charge >= 0.3 is 0 Å². The molecule has 2 aromatic carbocycles. The Morgan fingerprint density at radius 3 is 2.37 bits per heavy atom. The van der Waals surface area contributed by atoms with Crippen molar-refractivity contribution >= 4 is 5.96 Å². The number of aliphatic imine (C=N–C) groups is 1. The van der Waals surface area contributed by atoms with E-state index in [1.54, 1.807) is 26.4 Å². The topological polar surface area (TPSA) is 84.3 Å². The molecule has 0 bridgehead atoms. The first-order valence-corrected chi connectivity index (χ1v) is 8.70. The summed E-state index contributed by atoms with van der Waals surface area (Å²) < 4.78 is 15.7. The Balaban J connectivity index is 2.06. The molecule has 7 nitrogen and oxygen atoms in total. The zero-order chi connectivity index (χ0) is 19.6. The second kappa shape index (κ2) is 10.2. The minimum atomic E-state index is 0.103. The smallest absolute Gasteiger partial charge is 0.191 e. The number of aromatic hydroxyl groups is 1. The van der Waals surface area contributed by atoms with Crippen LogP contribution in [0.5, 0.6) is 23.0 Å². The van der Waals surface area contributed by atoms with Gasteiger partial charge in [0.2, 0.25) is 0 Å². The molecule has 0 aliphatic carbocycles. The minimum Gasteiger partial charge on any atom is -0.504 e. The van der Waals surface area contributed by atoms with Gasteiger partial charge in [-0.25, -0.2) is 4.99 Å². The van der Waals surface area contributed by atoms with E-state index in [0.717, 1.165) is 29.2 Å². The minimum absolute atomic E-state index is 0.103. The molecule has 0 spiro atoms. The third-order valence-corrected chi connectivity index (χ3v) is 3.95. The zero-order valence-electron chi connectivity index (χ0n) is 16.2. The quantitative estimate of drug-likeness (QED) is 0.487. The van der Waals surface area contributed by atoms with Crippen molar-refractivity contribution in [2.75, 3.05) is 27.9 Å². The van der Waals surface area contributed by atoms with E-state index < -0.39 is 0 Å². The van der Waals surface area contributed by atoms with Crippen molar-refractivity contribution in [2.24, 2.45) is 4.99 Å². The van der Waals surface area contributed by atoms with Gasteiger partial charge in [-0.05, 0) is 36.8 Å². The van der Waals surface area contributed by atoms with Crippen molar-refractivity contribution in [3.63, 3.8) is 0 Å². The molecule has 0 aliphatic heterocycles. The van der Waals surface area contributed by atoms with Crippen LogP contribution in [0.15, 0.2) is 41.4 Å². The van der Waals surface area contributed by atoms with E-state index in [-0.39, 0.29) is 5.75 Å². The van der Waals surface area contributed by atoms with E-state index in [9.17, 15) is 5.11 Å². The van der Waals surface area contributed by atoms with Crippen molar-refractivity contribution in [2.45, 2.75) is 20.0 Å². The van der Waals surface area contributed by atoms with Crippen LogP contribution < -0.4 is 24.8 Å². The molecule has 0 aromatic heterocycles. The molecule has 0 saturated heterocycles. The van der Waals surface area contributed by atoms with Gasteiger partial charge in [-0.3, -0.25) is 0 Å². The maximum Gasteiger partial charge on any atom is 0.191 e. The number of hydrogen-bond donors (Lipinski definition) is 3. The van der Waals surface area contributed by atoms with Gasteiger partial charge in [-0.2, -0.15) is 0 Å². The van der Waals surface area contributed by atoms with E-state index in [2.05, 4.69) is 15.6 Å². The fraction of sp³-hybridized carbons (Fsp3) is 0.350. The second-order valence-corrected chi connectivity index (χ2v) is 5.73. The standard InChI is InChI=1S/C20H27N3O4/c1-5-21-20(22-12-14-6-9-18(26-3)17(24)10-14)23-13-15-7-8-16(25-2)11-19(15)27-4/h6-11,24H,5,12-13H2,1-4H3,(H2,21,22,23). The highest BCUT2D eigenvalue weighted by Gasteiger charge is 2.07. The summed E-state index contributed by atoms with van der Waals surface area (Å²) in [6, 6.07) is 10.9. The fourth-order valence-corrected chi connectivity index (χ4v) is 2.52. The molecule has 27 heavy (non-hydrogen) atoms. The fourth-order valence-electron chi connectivity index (χ4n) is 2.52. The predicted molar refractivity (Wildman–Crippen MR) is 106 cm³/mol. The molecule has 7 heteroatoms. The van der Waals surface area contributed by atoms with E-state index >= 15 is 0 Å². The van der Waals surface area contributed by atoms with Crippen molar-refractivity contribution < 1.29 is 19.3 Å². The predicted octanol–water partition coefficient (Wildman–Crippen LogP) is 2.67. The largest absolute Gasteiger partial charge is 0.504 e. The Labute approximate surface area is 160 Å². The van der Waals surface area contributed by atoms with Crippen LogP contribution in [0, 0.1) is 0 Å². The SMILES string of the molecule is CCNC(=NCc1ccc(OC)c(O)c1)NCc1ccc(OC)cc1OC. The summed E-state index contributed by atoms with van der Waals surface area (Å²) in [6.45, 7) is 3.71. The molecule has 0 saturated carbocycles. The summed E-state index contributed by atoms with van der Waals surface area (Å²) in [5, 5.41) is 16.4. The number of phenolic OH excluding ortho intramolecular Hbond substituents is 1. The van der Waals surface area contributed by atoms with Gasteiger partial charge in [0.25, 0.3) is 0 Å². The summed E-state index contributed by atoms with van der Waals surface area (Å²) >= 11 is 0. The van der Waals surface area contributed by atoms with E-state index in [4.69, 9.17) is 14.2 Å². The lowest BCUT2D eigenvalue weighted by molar-refractivity contribution is 0.373. The van der Waals surface area contributed by atoms with Crippen LogP contribution in [-0.2, 0) is 13.1 Å². The first-order chi connectivity index (χ1) is 13.1. The molecule has 0 fully saturated rings. The maximum atomic E-state index is 9.88. The third kappa shape index (κ3) is 5.70. The lowest BCUT2D eigenvalue weighted by Gasteiger charge is -2.14. The average Bonchev–Trinajstić information content (AvgIpc) is 2.70. The summed E-state index contributed by atoms with van der Waals surface area (Å²) in [4.78, 5) is 4.56. The number of ether oxygens (including phenoxy) is 3. The van der Waals surface area contributed by atoms with Crippen molar-refractivity contribution in [3.05, 3.63) is 47.5 Å². The third-order valence-electron chi connectivity index (χ3n) is 3.95. The number of nitrogens with zero attached hydrogens (tertiary/aromatic N) is 1. The first kappa shape index (κ1) is 20.2. The highest BCUT2D eigenvalue weighted by atomic mass is 16.5. The lowest BCUT2D eigenvalue weighted by Crippen LogP contribution is -2.36. The van der Waals surface area contributed by atoms with E-state index in [0.29, 0.717) is 24.8 Å². The molecule has 0 radical (unpaired) electrons. The van der Waals surface area contributed by atoms with E-state index in [1.807, 2.05) is 31.2 Å². The van der Waals surface area contributed by atoms with Gasteiger partial charge in [0.15, 0.2) is 17.5 Å². The Bertz CT molecular complexity index is 778. The number of rotatable bonds is 8. The van der Waals surface area contributed by atoms with Gasteiger partial charge in [0.05, 0.1) is 27.9 Å². The normalized spacial score (nSPS) is 11.0. The van der Waals surface area contributed by atoms with Gasteiger partial charge in [-0.15, -0.1) is 0 Å². The number of phenols is 1. The van der Waals surface area contributed by atoms with Crippen LogP contribution in [0.25, 0.3) is 0 Å². The number of hydrogen-bond acceptors (Lipinski definition) is 5. The molecule has 3 N–H and O–H groups in total. The molecular formula is C20H27N3O4. The van der Waals surface area contributed by atoms with Crippen LogP contribution >= 0.6 is 0 Å². The molecule has 2 aromatic rings. The Morgan fingerprint density at radius 2 is 1.74 bits per heavy atom. The Hall–Kier alpha value is -3.09. The van der Waals surface area contributed by atoms with Gasteiger partial charge in [0, 0.05) is 24.7 Å². The van der Waals surface area contributed by atoms with Crippen LogP contribution in [0.1, 0.15) is 18.1 Å². The van der Waals surface area contributed by atoms with Gasteiger partial charge < -0.3 is 30.0 Å². The number of nitrogens with one attached hydrogen (secondary N) is 2. The molecule has 0 unspecified atom stereocenters. The maximum absolute atomic E-state index is 9.88. The van der Waals surface area contributed by atoms with Crippen molar-refractivity contribution in [1.29, 1.82) is 0 Å². The highest BCUT2D eigenvalue weighted by molar-refractivity contribution is 5.79. The van der Waals surface area contributed by atoms with Crippen molar-refractivity contribution in [1.82, 2.24) is 10.6 Å². The van der Waals surface area contributed by atoms with Crippen LogP contribution in [0.2, 0.25) is 0 Å². The van der Waals surface area contributed by atoms with Gasteiger partial charge in [0.1, 0.15) is 11.5 Å². The highest BCUT2D eigenvalue weighted by Crippen LogP contribution is 2.26. The first-order valence-electron chi connectivity index (χ1n) is 8.70. The zero-order valence-corrected chi connectivity index (χ0v) is 16.2. The van der Waals surface area contributed by atoms with Crippen LogP contribution in [0.3, 0.4) is 0 Å². The molecule has 0 atom stereocenters. The average molecular weight is 373 g/mol. The summed E-state index contributed by atoms with van der Waals surface area (Å²) in [5.74, 6) is 2.71. The number of guanidine groups is 1. The Morgan fingerprint density at radius 1 is 0.963 bits per heavy atom. The lowest BCUT2D eigenvalue weighted by atomic mass is 10.2. The van der Waals surface area contributed by atoms with E-state index in [1.165, 1.54) is 7.11 Å². The van der Waals surface area contributed by atoms with Crippen LogP contribution in [0.4, 0.5) is 0 Å². The molecule has 0 heterocycles. The summed E-state index contributed by atoms with van der Waals surface area (Å²) in [5.41, 5.74) is 1.87. The molecule has 0 amide bonds. The summed E-state index contributed by atoms with van der Waals surface area (Å²) in [6.07, 6.45) is 0.